The number of halogens is 3. The summed E-state index contributed by atoms with van der Waals surface area (Å²) in [5.41, 5.74) is 1.19. The zero-order valence-electron chi connectivity index (χ0n) is 11.3. The summed E-state index contributed by atoms with van der Waals surface area (Å²) < 4.78 is 38.4. The largest absolute Gasteiger partial charge is 0.416 e. The Labute approximate surface area is 116 Å². The number of rotatable bonds is 3. The van der Waals surface area contributed by atoms with Crippen LogP contribution in [0.4, 0.5) is 24.5 Å². The summed E-state index contributed by atoms with van der Waals surface area (Å²) in [7, 11) is 0. The van der Waals surface area contributed by atoms with E-state index in [2.05, 4.69) is 22.1 Å². The molecule has 0 atom stereocenters. The van der Waals surface area contributed by atoms with Crippen molar-refractivity contribution >= 4 is 11.4 Å². The van der Waals surface area contributed by atoms with E-state index in [0.29, 0.717) is 11.4 Å². The smallest absolute Gasteiger partial charge is 0.367 e. The van der Waals surface area contributed by atoms with Crippen LogP contribution in [0.5, 0.6) is 0 Å². The molecule has 1 saturated heterocycles. The predicted molar refractivity (Wildman–Crippen MR) is 75.0 cm³/mol. The van der Waals surface area contributed by atoms with Crippen LogP contribution in [0.15, 0.2) is 30.5 Å². The maximum absolute atomic E-state index is 12.8. The highest BCUT2D eigenvalue weighted by molar-refractivity contribution is 5.73. The van der Waals surface area contributed by atoms with Gasteiger partial charge in [0.2, 0.25) is 0 Å². The van der Waals surface area contributed by atoms with Crippen molar-refractivity contribution in [1.29, 1.82) is 0 Å². The summed E-state index contributed by atoms with van der Waals surface area (Å²) in [5.74, 6) is 0. The van der Waals surface area contributed by atoms with Crippen molar-refractivity contribution in [2.45, 2.75) is 13.1 Å². The van der Waals surface area contributed by atoms with Crippen molar-refractivity contribution in [2.24, 2.45) is 0 Å². The second kappa shape index (κ2) is 5.75. The molecule has 0 aliphatic carbocycles. The van der Waals surface area contributed by atoms with Crippen molar-refractivity contribution in [3.8, 4) is 0 Å². The molecule has 0 radical (unpaired) electrons. The van der Waals surface area contributed by atoms with Gasteiger partial charge in [-0.15, -0.1) is 0 Å². The number of benzene rings is 1. The summed E-state index contributed by atoms with van der Waals surface area (Å²) in [6.45, 7) is 8.63. The Morgan fingerprint density at radius 3 is 2.50 bits per heavy atom. The number of alkyl halides is 3. The molecule has 3 nitrogen and oxygen atoms in total. The molecule has 110 valence electrons. The van der Waals surface area contributed by atoms with Crippen LogP contribution in [0.3, 0.4) is 0 Å². The first kappa shape index (κ1) is 14.7. The fourth-order valence-electron chi connectivity index (χ4n) is 2.22. The fourth-order valence-corrected chi connectivity index (χ4v) is 2.22. The van der Waals surface area contributed by atoms with Crippen molar-refractivity contribution in [2.75, 3.05) is 36.4 Å². The Morgan fingerprint density at radius 1 is 1.30 bits per heavy atom. The number of anilines is 2. The Bertz CT molecular complexity index is 491. The number of nitrogens with one attached hydrogen (secondary N) is 2. The zero-order chi connectivity index (χ0) is 14.8. The third kappa shape index (κ3) is 3.45. The van der Waals surface area contributed by atoms with Crippen molar-refractivity contribution in [3.05, 3.63) is 36.0 Å². The third-order valence-corrected chi connectivity index (χ3v) is 3.13. The lowest BCUT2D eigenvalue weighted by atomic mass is 10.1. The third-order valence-electron chi connectivity index (χ3n) is 3.13. The van der Waals surface area contributed by atoms with E-state index in [1.165, 1.54) is 6.07 Å². The minimum absolute atomic E-state index is 0.453. The van der Waals surface area contributed by atoms with E-state index < -0.39 is 11.7 Å². The molecule has 1 aromatic carbocycles. The SMILES string of the molecule is C=C(C)Nc1cc(C(F)(F)F)ccc1N1CCNCC1. The Balaban J connectivity index is 2.36. The van der Waals surface area contributed by atoms with E-state index in [0.717, 1.165) is 44.0 Å². The number of allylic oxidation sites excluding steroid dienone is 1. The number of nitrogens with zero attached hydrogens (tertiary/aromatic N) is 1. The summed E-state index contributed by atoms with van der Waals surface area (Å²) in [4.78, 5) is 2.07. The van der Waals surface area contributed by atoms with Gasteiger partial charge in [-0.3, -0.25) is 0 Å². The standard InChI is InChI=1S/C14H18F3N3/c1-10(2)19-12-9-11(14(15,16)17)3-4-13(12)20-7-5-18-6-8-20/h3-4,9,18-19H,1,5-8H2,2H3. The van der Waals surface area contributed by atoms with E-state index in [4.69, 9.17) is 0 Å². The predicted octanol–water partition coefficient (Wildman–Crippen LogP) is 3.06. The van der Waals surface area contributed by atoms with Gasteiger partial charge in [0.1, 0.15) is 0 Å². The minimum atomic E-state index is -4.34. The molecule has 2 rings (SSSR count). The lowest BCUT2D eigenvalue weighted by molar-refractivity contribution is -0.137. The van der Waals surface area contributed by atoms with Gasteiger partial charge in [0, 0.05) is 31.9 Å². The van der Waals surface area contributed by atoms with Crippen LogP contribution in [0.2, 0.25) is 0 Å². The van der Waals surface area contributed by atoms with Crippen molar-refractivity contribution < 1.29 is 13.2 Å². The Hall–Kier alpha value is -1.69. The van der Waals surface area contributed by atoms with Crippen LogP contribution in [-0.2, 0) is 6.18 Å². The molecule has 0 aromatic heterocycles. The molecule has 0 unspecified atom stereocenters. The van der Waals surface area contributed by atoms with Gasteiger partial charge in [0.15, 0.2) is 0 Å². The van der Waals surface area contributed by atoms with E-state index in [1.54, 1.807) is 6.92 Å². The summed E-state index contributed by atoms with van der Waals surface area (Å²) >= 11 is 0. The first-order valence-corrected chi connectivity index (χ1v) is 6.47. The number of piperazine rings is 1. The van der Waals surface area contributed by atoms with Gasteiger partial charge in [-0.05, 0) is 25.1 Å². The molecule has 1 aliphatic rings. The minimum Gasteiger partial charge on any atom is -0.367 e. The summed E-state index contributed by atoms with van der Waals surface area (Å²) in [5, 5.41) is 6.15. The summed E-state index contributed by atoms with van der Waals surface area (Å²) in [6, 6.07) is 3.80. The van der Waals surface area contributed by atoms with Crippen molar-refractivity contribution in [1.82, 2.24) is 5.32 Å². The van der Waals surface area contributed by atoms with E-state index in [-0.39, 0.29) is 0 Å². The summed E-state index contributed by atoms with van der Waals surface area (Å²) in [6.07, 6.45) is -4.34. The second-order valence-corrected chi connectivity index (χ2v) is 4.87. The molecule has 1 heterocycles. The van der Waals surface area contributed by atoms with Crippen LogP contribution in [0, 0.1) is 0 Å². The quantitative estimate of drug-likeness (QED) is 0.894. The molecular formula is C14H18F3N3. The fraction of sp³-hybridized carbons (Fsp3) is 0.429. The lowest BCUT2D eigenvalue weighted by Crippen LogP contribution is -2.43. The van der Waals surface area contributed by atoms with Crippen molar-refractivity contribution in [3.63, 3.8) is 0 Å². The molecule has 20 heavy (non-hydrogen) atoms. The molecule has 1 aromatic rings. The molecule has 0 spiro atoms. The molecule has 0 amide bonds. The highest BCUT2D eigenvalue weighted by Gasteiger charge is 2.31. The first-order valence-electron chi connectivity index (χ1n) is 6.47. The Kier molecular flexibility index (Phi) is 4.23. The van der Waals surface area contributed by atoms with Gasteiger partial charge < -0.3 is 15.5 Å². The maximum Gasteiger partial charge on any atom is 0.416 e. The van der Waals surface area contributed by atoms with Gasteiger partial charge in [-0.25, -0.2) is 0 Å². The first-order chi connectivity index (χ1) is 9.38. The molecule has 0 bridgehead atoms. The van der Waals surface area contributed by atoms with E-state index >= 15 is 0 Å². The van der Waals surface area contributed by atoms with Gasteiger partial charge >= 0.3 is 6.18 Å². The van der Waals surface area contributed by atoms with Crippen LogP contribution in [0.1, 0.15) is 12.5 Å². The highest BCUT2D eigenvalue weighted by atomic mass is 19.4. The average molecular weight is 285 g/mol. The van der Waals surface area contributed by atoms with Gasteiger partial charge in [0.05, 0.1) is 16.9 Å². The van der Waals surface area contributed by atoms with E-state index in [9.17, 15) is 13.2 Å². The molecule has 2 N–H and O–H groups in total. The maximum atomic E-state index is 12.8. The number of hydrogen-bond donors (Lipinski definition) is 2. The number of hydrogen-bond acceptors (Lipinski definition) is 3. The molecule has 1 aliphatic heterocycles. The normalized spacial score (nSPS) is 16.1. The van der Waals surface area contributed by atoms with Crippen LogP contribution in [0.25, 0.3) is 0 Å². The van der Waals surface area contributed by atoms with Gasteiger partial charge in [-0.2, -0.15) is 13.2 Å². The topological polar surface area (TPSA) is 27.3 Å². The molecular weight excluding hydrogens is 267 g/mol. The average Bonchev–Trinajstić information content (AvgIpc) is 2.38. The molecule has 1 fully saturated rings. The zero-order valence-corrected chi connectivity index (χ0v) is 11.3. The van der Waals surface area contributed by atoms with Crippen LogP contribution in [-0.4, -0.2) is 26.2 Å². The second-order valence-electron chi connectivity index (χ2n) is 4.87. The molecule has 6 heteroatoms. The monoisotopic (exact) mass is 285 g/mol. The van der Waals surface area contributed by atoms with Gasteiger partial charge in [-0.1, -0.05) is 6.58 Å². The molecule has 0 saturated carbocycles. The van der Waals surface area contributed by atoms with E-state index in [1.807, 2.05) is 0 Å². The highest BCUT2D eigenvalue weighted by Crippen LogP contribution is 2.36. The van der Waals surface area contributed by atoms with Crippen LogP contribution >= 0.6 is 0 Å². The van der Waals surface area contributed by atoms with Crippen LogP contribution < -0.4 is 15.5 Å². The lowest BCUT2D eigenvalue weighted by Gasteiger charge is -2.31. The Morgan fingerprint density at radius 2 is 1.95 bits per heavy atom. The van der Waals surface area contributed by atoms with Gasteiger partial charge in [0.25, 0.3) is 0 Å².